The van der Waals surface area contributed by atoms with Crippen LogP contribution in [-0.4, -0.2) is 56.3 Å². The Balaban J connectivity index is 1.51. The van der Waals surface area contributed by atoms with Crippen LogP contribution < -0.4 is 5.32 Å². The van der Waals surface area contributed by atoms with Crippen molar-refractivity contribution < 1.29 is 14.4 Å². The van der Waals surface area contributed by atoms with Crippen molar-refractivity contribution in [2.75, 3.05) is 19.6 Å². The largest absolute Gasteiger partial charge is 0.388 e. The zero-order chi connectivity index (χ0) is 18.4. The molecule has 0 spiro atoms. The summed E-state index contributed by atoms with van der Waals surface area (Å²) < 4.78 is 5.25. The molecule has 1 unspecified atom stereocenters. The van der Waals surface area contributed by atoms with E-state index in [2.05, 4.69) is 25.3 Å². The molecular weight excluding hydrogens is 334 g/mol. The maximum atomic E-state index is 12.2. The van der Waals surface area contributed by atoms with Gasteiger partial charge in [-0.1, -0.05) is 12.1 Å². The second kappa shape index (κ2) is 8.37. The molecule has 0 saturated carbocycles. The molecule has 0 aliphatic carbocycles. The predicted molar refractivity (Wildman–Crippen MR) is 94.3 cm³/mol. The maximum Gasteiger partial charge on any atom is 0.251 e. The number of hydrogen-bond acceptors (Lipinski definition) is 7. The Labute approximate surface area is 152 Å². The topological polar surface area (TPSA) is 104 Å². The molecule has 1 aliphatic heterocycles. The van der Waals surface area contributed by atoms with E-state index in [1.807, 2.05) is 6.92 Å². The minimum atomic E-state index is -0.902. The highest BCUT2D eigenvalue weighted by atomic mass is 16.5. The van der Waals surface area contributed by atoms with Gasteiger partial charge in [0.15, 0.2) is 5.82 Å². The first-order valence-electron chi connectivity index (χ1n) is 9.02. The van der Waals surface area contributed by atoms with Crippen molar-refractivity contribution in [3.63, 3.8) is 0 Å². The number of nitrogens with one attached hydrogen (secondary N) is 1. The summed E-state index contributed by atoms with van der Waals surface area (Å²) in [6.45, 7) is 4.38. The molecule has 26 heavy (non-hydrogen) atoms. The molecule has 2 N–H and O–H groups in total. The Morgan fingerprint density at radius 1 is 1.35 bits per heavy atom. The fourth-order valence-electron chi connectivity index (χ4n) is 3.11. The van der Waals surface area contributed by atoms with E-state index in [-0.39, 0.29) is 12.5 Å². The molecule has 3 rings (SSSR count). The predicted octanol–water partition coefficient (Wildman–Crippen LogP) is 1.17. The molecule has 1 aliphatic rings. The minimum absolute atomic E-state index is 0.195. The lowest BCUT2D eigenvalue weighted by molar-refractivity contribution is 0.0246. The number of pyridine rings is 1. The van der Waals surface area contributed by atoms with Crippen LogP contribution in [0.25, 0.3) is 0 Å². The number of aromatic nitrogens is 3. The highest BCUT2D eigenvalue weighted by Gasteiger charge is 2.31. The monoisotopic (exact) mass is 359 g/mol. The van der Waals surface area contributed by atoms with Gasteiger partial charge in [-0.05, 0) is 37.9 Å². The summed E-state index contributed by atoms with van der Waals surface area (Å²) in [6.07, 6.45) is 5.97. The highest BCUT2D eigenvalue weighted by molar-refractivity contribution is 5.93. The van der Waals surface area contributed by atoms with Crippen molar-refractivity contribution in [1.29, 1.82) is 0 Å². The van der Waals surface area contributed by atoms with Crippen molar-refractivity contribution in [3.05, 3.63) is 41.8 Å². The average molecular weight is 359 g/mol. The Morgan fingerprint density at radius 3 is 2.88 bits per heavy atom. The average Bonchev–Trinajstić information content (AvgIpc) is 3.04. The quantitative estimate of drug-likeness (QED) is 0.798. The lowest BCUT2D eigenvalue weighted by Gasteiger charge is -2.27. The van der Waals surface area contributed by atoms with Crippen LogP contribution in [0.4, 0.5) is 0 Å². The third kappa shape index (κ3) is 4.86. The van der Waals surface area contributed by atoms with Gasteiger partial charge < -0.3 is 14.9 Å². The van der Waals surface area contributed by atoms with Crippen LogP contribution in [0, 0.1) is 0 Å². The third-order valence-electron chi connectivity index (χ3n) is 4.72. The van der Waals surface area contributed by atoms with Crippen molar-refractivity contribution in [1.82, 2.24) is 25.3 Å². The number of aliphatic hydroxyl groups is 1. The minimum Gasteiger partial charge on any atom is -0.388 e. The van der Waals surface area contributed by atoms with E-state index in [0.717, 1.165) is 19.4 Å². The van der Waals surface area contributed by atoms with E-state index in [1.54, 1.807) is 24.5 Å². The smallest absolute Gasteiger partial charge is 0.251 e. The molecule has 0 radical (unpaired) electrons. The molecule has 8 heteroatoms. The van der Waals surface area contributed by atoms with Crippen LogP contribution >= 0.6 is 0 Å². The summed E-state index contributed by atoms with van der Waals surface area (Å²) in [5.74, 6) is 1.13. The first-order valence-corrected chi connectivity index (χ1v) is 9.02. The standard InChI is InChI=1S/C18H25N5O3/c1-2-15-21-16(26-22-15)12-23-10-3-6-18(25,7-11-23)13-20-17(24)14-4-8-19-9-5-14/h4-5,8-9,25H,2-3,6-7,10-13H2,1H3,(H,20,24). The summed E-state index contributed by atoms with van der Waals surface area (Å²) in [6, 6.07) is 3.31. The summed E-state index contributed by atoms with van der Waals surface area (Å²) in [7, 11) is 0. The van der Waals surface area contributed by atoms with Crippen LogP contribution in [-0.2, 0) is 13.0 Å². The van der Waals surface area contributed by atoms with E-state index in [1.165, 1.54) is 0 Å². The van der Waals surface area contributed by atoms with Gasteiger partial charge in [0.1, 0.15) is 0 Å². The number of carbonyl (C=O) groups excluding carboxylic acids is 1. The van der Waals surface area contributed by atoms with Gasteiger partial charge in [-0.25, -0.2) is 0 Å². The second-order valence-electron chi connectivity index (χ2n) is 6.73. The first kappa shape index (κ1) is 18.5. The summed E-state index contributed by atoms with van der Waals surface area (Å²) in [5.41, 5.74) is -0.358. The number of amides is 1. The Bertz CT molecular complexity index is 721. The molecule has 1 fully saturated rings. The molecule has 1 saturated heterocycles. The van der Waals surface area contributed by atoms with Crippen LogP contribution in [0.3, 0.4) is 0 Å². The van der Waals surface area contributed by atoms with Crippen LogP contribution in [0.5, 0.6) is 0 Å². The summed E-state index contributed by atoms with van der Waals surface area (Å²) in [4.78, 5) is 22.6. The van der Waals surface area contributed by atoms with Crippen molar-refractivity contribution in [2.24, 2.45) is 0 Å². The van der Waals surface area contributed by atoms with Gasteiger partial charge in [-0.3, -0.25) is 14.7 Å². The molecule has 1 atom stereocenters. The van der Waals surface area contributed by atoms with Gasteiger partial charge in [0.2, 0.25) is 5.89 Å². The number of rotatable bonds is 6. The summed E-state index contributed by atoms with van der Waals surface area (Å²) >= 11 is 0. The molecular formula is C18H25N5O3. The second-order valence-corrected chi connectivity index (χ2v) is 6.73. The molecule has 3 heterocycles. The van der Waals surface area contributed by atoms with Gasteiger partial charge in [0, 0.05) is 37.5 Å². The molecule has 8 nitrogen and oxygen atoms in total. The van der Waals surface area contributed by atoms with Gasteiger partial charge >= 0.3 is 0 Å². The number of carbonyl (C=O) groups is 1. The zero-order valence-electron chi connectivity index (χ0n) is 15.0. The molecule has 2 aromatic rings. The van der Waals surface area contributed by atoms with Crippen LogP contribution in [0.15, 0.2) is 29.0 Å². The Kier molecular flexibility index (Phi) is 5.95. The maximum absolute atomic E-state index is 12.2. The van der Waals surface area contributed by atoms with E-state index >= 15 is 0 Å². The van der Waals surface area contributed by atoms with Crippen LogP contribution in [0.2, 0.25) is 0 Å². The zero-order valence-corrected chi connectivity index (χ0v) is 15.0. The number of hydrogen-bond donors (Lipinski definition) is 2. The molecule has 0 aromatic carbocycles. The van der Waals surface area contributed by atoms with Gasteiger partial charge in [-0.2, -0.15) is 4.98 Å². The fraction of sp³-hybridized carbons (Fsp3) is 0.556. The Hall–Kier alpha value is -2.32. The third-order valence-corrected chi connectivity index (χ3v) is 4.72. The fourth-order valence-corrected chi connectivity index (χ4v) is 3.11. The number of likely N-dealkylation sites (tertiary alicyclic amines) is 1. The van der Waals surface area contributed by atoms with Crippen LogP contribution in [0.1, 0.15) is 48.3 Å². The van der Waals surface area contributed by atoms with E-state index in [9.17, 15) is 9.90 Å². The van der Waals surface area contributed by atoms with Gasteiger partial charge in [0.25, 0.3) is 5.91 Å². The highest BCUT2D eigenvalue weighted by Crippen LogP contribution is 2.22. The number of aryl methyl sites for hydroxylation is 1. The van der Waals surface area contributed by atoms with E-state index in [4.69, 9.17) is 4.52 Å². The molecule has 0 bridgehead atoms. The van der Waals surface area contributed by atoms with E-state index < -0.39 is 5.60 Å². The summed E-state index contributed by atoms with van der Waals surface area (Å²) in [5, 5.41) is 17.6. The first-order chi connectivity index (χ1) is 12.6. The van der Waals surface area contributed by atoms with Crippen molar-refractivity contribution in [2.45, 2.75) is 44.8 Å². The van der Waals surface area contributed by atoms with Gasteiger partial charge in [-0.15, -0.1) is 0 Å². The number of nitrogens with zero attached hydrogens (tertiary/aromatic N) is 4. The Morgan fingerprint density at radius 2 is 2.15 bits per heavy atom. The molecule has 2 aromatic heterocycles. The lowest BCUT2D eigenvalue weighted by Crippen LogP contribution is -2.43. The molecule has 140 valence electrons. The van der Waals surface area contributed by atoms with Crippen molar-refractivity contribution >= 4 is 5.91 Å². The van der Waals surface area contributed by atoms with Gasteiger partial charge in [0.05, 0.1) is 12.1 Å². The normalized spacial score (nSPS) is 21.3. The lowest BCUT2D eigenvalue weighted by atomic mass is 9.95. The SMILES string of the molecule is CCc1noc(CN2CCCC(O)(CNC(=O)c3ccncc3)CC2)n1. The van der Waals surface area contributed by atoms with E-state index in [0.29, 0.717) is 43.2 Å². The van der Waals surface area contributed by atoms with Crippen molar-refractivity contribution in [3.8, 4) is 0 Å². The molecule has 1 amide bonds.